The van der Waals surface area contributed by atoms with Crippen molar-refractivity contribution in [1.29, 1.82) is 0 Å². The van der Waals surface area contributed by atoms with Gasteiger partial charge in [0.25, 0.3) is 0 Å². The molecular formula is C21H26ClNO. The number of nitrogens with zero attached hydrogens (tertiary/aromatic N) is 1. The largest absolute Gasteiger partial charge is 0.369 e. The van der Waals surface area contributed by atoms with E-state index in [-0.39, 0.29) is 18.0 Å². The Morgan fingerprint density at radius 1 is 0.917 bits per heavy atom. The number of hydrogen-bond acceptors (Lipinski definition) is 2. The van der Waals surface area contributed by atoms with E-state index >= 15 is 0 Å². The minimum Gasteiger partial charge on any atom is -0.369 e. The monoisotopic (exact) mass is 343 g/mol. The fraction of sp³-hybridized carbons (Fsp3) is 0.429. The average Bonchev–Trinajstić information content (AvgIpc) is 2.52. The van der Waals surface area contributed by atoms with E-state index in [9.17, 15) is 0 Å². The standard InChI is InChI=1S/C21H25NO.ClH/c1-21(23-19-13-8-14-19)15-22(16-21)20(17-9-4-2-5-10-17)18-11-6-3-7-12-18;/h2-7,9-12,19-20H,8,13-16H2,1H3;1H. The number of benzene rings is 2. The third-order valence-electron chi connectivity index (χ3n) is 5.17. The van der Waals surface area contributed by atoms with Crippen molar-refractivity contribution in [3.8, 4) is 0 Å². The molecule has 0 aromatic heterocycles. The molecule has 0 spiro atoms. The molecule has 2 aromatic rings. The molecule has 3 heteroatoms. The van der Waals surface area contributed by atoms with Gasteiger partial charge in [0.1, 0.15) is 0 Å². The predicted octanol–water partition coefficient (Wildman–Crippen LogP) is 4.84. The fourth-order valence-electron chi connectivity index (χ4n) is 3.85. The second-order valence-corrected chi connectivity index (χ2v) is 7.25. The first kappa shape index (κ1) is 17.5. The van der Waals surface area contributed by atoms with Crippen LogP contribution in [0.1, 0.15) is 43.4 Å². The van der Waals surface area contributed by atoms with Gasteiger partial charge in [0.05, 0.1) is 17.7 Å². The Balaban J connectivity index is 0.00000169. The van der Waals surface area contributed by atoms with Crippen molar-refractivity contribution in [2.75, 3.05) is 13.1 Å². The smallest absolute Gasteiger partial charge is 0.0911 e. The summed E-state index contributed by atoms with van der Waals surface area (Å²) in [4.78, 5) is 2.54. The van der Waals surface area contributed by atoms with Crippen molar-refractivity contribution in [3.63, 3.8) is 0 Å². The van der Waals surface area contributed by atoms with Gasteiger partial charge in [-0.25, -0.2) is 0 Å². The number of ether oxygens (including phenoxy) is 1. The summed E-state index contributed by atoms with van der Waals surface area (Å²) in [7, 11) is 0. The normalized spacial score (nSPS) is 20.1. The molecule has 2 aromatic carbocycles. The zero-order valence-corrected chi connectivity index (χ0v) is 15.0. The summed E-state index contributed by atoms with van der Waals surface area (Å²) >= 11 is 0. The van der Waals surface area contributed by atoms with Gasteiger partial charge < -0.3 is 4.74 Å². The van der Waals surface area contributed by atoms with Gasteiger partial charge in [-0.1, -0.05) is 60.7 Å². The summed E-state index contributed by atoms with van der Waals surface area (Å²) in [5.41, 5.74) is 2.76. The lowest BCUT2D eigenvalue weighted by Crippen LogP contribution is -2.63. The van der Waals surface area contributed by atoms with Gasteiger partial charge in [-0.2, -0.15) is 0 Å². The van der Waals surface area contributed by atoms with Crippen LogP contribution in [-0.2, 0) is 4.74 Å². The molecule has 4 rings (SSSR count). The van der Waals surface area contributed by atoms with Crippen LogP contribution in [0.2, 0.25) is 0 Å². The molecule has 0 bridgehead atoms. The quantitative estimate of drug-likeness (QED) is 0.770. The van der Waals surface area contributed by atoms with Crippen molar-refractivity contribution in [2.45, 2.75) is 43.9 Å². The Kier molecular flexibility index (Phi) is 5.29. The Morgan fingerprint density at radius 3 is 1.83 bits per heavy atom. The molecule has 1 saturated heterocycles. The molecule has 0 N–H and O–H groups in total. The molecule has 24 heavy (non-hydrogen) atoms. The van der Waals surface area contributed by atoms with Gasteiger partial charge in [-0.15, -0.1) is 12.4 Å². The molecule has 0 radical (unpaired) electrons. The van der Waals surface area contributed by atoms with Gasteiger partial charge in [-0.05, 0) is 37.3 Å². The fourth-order valence-corrected chi connectivity index (χ4v) is 3.85. The highest BCUT2D eigenvalue weighted by Gasteiger charge is 2.45. The number of likely N-dealkylation sites (tertiary alicyclic amines) is 1. The highest BCUT2D eigenvalue weighted by Crippen LogP contribution is 2.39. The molecule has 2 fully saturated rings. The number of rotatable bonds is 5. The van der Waals surface area contributed by atoms with Crippen LogP contribution in [0, 0.1) is 0 Å². The lowest BCUT2D eigenvalue weighted by atomic mass is 9.87. The van der Waals surface area contributed by atoms with E-state index in [2.05, 4.69) is 72.5 Å². The minimum absolute atomic E-state index is 0. The summed E-state index contributed by atoms with van der Waals surface area (Å²) in [5.74, 6) is 0. The third kappa shape index (κ3) is 3.51. The molecule has 1 saturated carbocycles. The van der Waals surface area contributed by atoms with E-state index in [0.717, 1.165) is 13.1 Å². The van der Waals surface area contributed by atoms with Crippen molar-refractivity contribution < 1.29 is 4.74 Å². The molecule has 1 heterocycles. The lowest BCUT2D eigenvalue weighted by Gasteiger charge is -2.53. The van der Waals surface area contributed by atoms with E-state index in [4.69, 9.17) is 4.74 Å². The SMILES string of the molecule is CC1(OC2CCC2)CN(C(c2ccccc2)c2ccccc2)C1.Cl. The summed E-state index contributed by atoms with van der Waals surface area (Å²) < 4.78 is 6.32. The topological polar surface area (TPSA) is 12.5 Å². The first-order chi connectivity index (χ1) is 11.2. The van der Waals surface area contributed by atoms with Crippen molar-refractivity contribution in [1.82, 2.24) is 4.90 Å². The van der Waals surface area contributed by atoms with Crippen LogP contribution in [0.5, 0.6) is 0 Å². The van der Waals surface area contributed by atoms with Crippen LogP contribution in [-0.4, -0.2) is 29.7 Å². The van der Waals surface area contributed by atoms with Crippen LogP contribution >= 0.6 is 12.4 Å². The summed E-state index contributed by atoms with van der Waals surface area (Å²) in [6.45, 7) is 4.30. The van der Waals surface area contributed by atoms with E-state index in [1.807, 2.05) is 0 Å². The summed E-state index contributed by atoms with van der Waals surface area (Å²) in [5, 5.41) is 0. The molecule has 128 valence electrons. The number of halogens is 1. The Hall–Kier alpha value is -1.35. The first-order valence-electron chi connectivity index (χ1n) is 8.75. The Labute approximate surface area is 151 Å². The van der Waals surface area contributed by atoms with Crippen LogP contribution in [0.4, 0.5) is 0 Å². The number of hydrogen-bond donors (Lipinski definition) is 0. The zero-order valence-electron chi connectivity index (χ0n) is 14.2. The Bertz CT molecular complexity index is 596. The van der Waals surface area contributed by atoms with E-state index in [0.29, 0.717) is 12.1 Å². The maximum absolute atomic E-state index is 6.32. The van der Waals surface area contributed by atoms with Crippen molar-refractivity contribution in [3.05, 3.63) is 71.8 Å². The summed E-state index contributed by atoms with van der Waals surface area (Å²) in [6, 6.07) is 22.0. The second-order valence-electron chi connectivity index (χ2n) is 7.25. The lowest BCUT2D eigenvalue weighted by molar-refractivity contribution is -0.186. The maximum Gasteiger partial charge on any atom is 0.0911 e. The van der Waals surface area contributed by atoms with E-state index < -0.39 is 0 Å². The molecule has 1 aliphatic carbocycles. The van der Waals surface area contributed by atoms with Gasteiger partial charge in [0.15, 0.2) is 0 Å². The minimum atomic E-state index is 0. The van der Waals surface area contributed by atoms with E-state index in [1.54, 1.807) is 0 Å². The molecule has 0 unspecified atom stereocenters. The van der Waals surface area contributed by atoms with Gasteiger partial charge in [0.2, 0.25) is 0 Å². The Morgan fingerprint density at radius 2 is 1.42 bits per heavy atom. The maximum atomic E-state index is 6.32. The zero-order chi connectivity index (χ0) is 15.7. The molecule has 1 aliphatic heterocycles. The third-order valence-corrected chi connectivity index (χ3v) is 5.17. The molecule has 0 atom stereocenters. The van der Waals surface area contributed by atoms with Crippen molar-refractivity contribution >= 4 is 12.4 Å². The molecule has 2 aliphatic rings. The van der Waals surface area contributed by atoms with Crippen LogP contribution in [0.25, 0.3) is 0 Å². The molecular weight excluding hydrogens is 318 g/mol. The van der Waals surface area contributed by atoms with E-state index in [1.165, 1.54) is 30.4 Å². The van der Waals surface area contributed by atoms with Crippen LogP contribution in [0.15, 0.2) is 60.7 Å². The van der Waals surface area contributed by atoms with Crippen molar-refractivity contribution in [2.24, 2.45) is 0 Å². The predicted molar refractivity (Wildman–Crippen MR) is 101 cm³/mol. The average molecular weight is 344 g/mol. The second kappa shape index (κ2) is 7.26. The van der Waals surface area contributed by atoms with Gasteiger partial charge in [-0.3, -0.25) is 4.90 Å². The van der Waals surface area contributed by atoms with Crippen LogP contribution in [0.3, 0.4) is 0 Å². The first-order valence-corrected chi connectivity index (χ1v) is 8.75. The highest BCUT2D eigenvalue weighted by molar-refractivity contribution is 5.85. The van der Waals surface area contributed by atoms with Crippen LogP contribution < -0.4 is 0 Å². The summed E-state index contributed by atoms with van der Waals surface area (Å²) in [6.07, 6.45) is 4.34. The highest BCUT2D eigenvalue weighted by atomic mass is 35.5. The molecule has 2 nitrogen and oxygen atoms in total. The van der Waals surface area contributed by atoms with Gasteiger partial charge in [0, 0.05) is 13.1 Å². The van der Waals surface area contributed by atoms with Gasteiger partial charge >= 0.3 is 0 Å². The molecule has 0 amide bonds.